The van der Waals surface area contributed by atoms with Gasteiger partial charge in [-0.05, 0) is 43.0 Å². The first-order valence-electron chi connectivity index (χ1n) is 6.97. The summed E-state index contributed by atoms with van der Waals surface area (Å²) in [5, 5.41) is 9.01. The first kappa shape index (κ1) is 13.9. The van der Waals surface area contributed by atoms with Gasteiger partial charge in [0.05, 0.1) is 0 Å². The van der Waals surface area contributed by atoms with E-state index in [9.17, 15) is 4.79 Å². The van der Waals surface area contributed by atoms with Crippen molar-refractivity contribution >= 4 is 5.97 Å². The number of benzene rings is 1. The third-order valence-corrected chi connectivity index (χ3v) is 3.45. The maximum absolute atomic E-state index is 11.0. The summed E-state index contributed by atoms with van der Waals surface area (Å²) in [5.74, 6) is 6.72. The summed E-state index contributed by atoms with van der Waals surface area (Å²) in [6, 6.07) is 6.49. The number of carboxylic acids is 1. The molecule has 110 valence electrons. The molecule has 1 aromatic carbocycles. The van der Waals surface area contributed by atoms with Crippen molar-refractivity contribution < 1.29 is 14.6 Å². The monoisotopic (exact) mass is 287 g/mol. The van der Waals surface area contributed by atoms with E-state index in [-0.39, 0.29) is 0 Å². The first-order valence-corrected chi connectivity index (χ1v) is 6.97. The summed E-state index contributed by atoms with van der Waals surface area (Å²) in [6.07, 6.45) is 2.92. The first-order chi connectivity index (χ1) is 10.2. The number of hydrogen-bond acceptors (Lipinski definition) is 5. The van der Waals surface area contributed by atoms with Crippen LogP contribution in [0.3, 0.4) is 0 Å². The highest BCUT2D eigenvalue weighted by atomic mass is 16.5. The Balaban J connectivity index is 1.58. The summed E-state index contributed by atoms with van der Waals surface area (Å²) in [7, 11) is 0. The van der Waals surface area contributed by atoms with Gasteiger partial charge in [0.15, 0.2) is 12.3 Å². The van der Waals surface area contributed by atoms with Crippen molar-refractivity contribution in [3.8, 4) is 17.6 Å². The van der Waals surface area contributed by atoms with Crippen molar-refractivity contribution in [3.05, 3.63) is 29.8 Å². The molecule has 6 heteroatoms. The second-order valence-electron chi connectivity index (χ2n) is 5.24. The van der Waals surface area contributed by atoms with E-state index in [4.69, 9.17) is 9.84 Å². The van der Waals surface area contributed by atoms with Crippen molar-refractivity contribution in [2.45, 2.75) is 31.5 Å². The number of hydrazine groups is 2. The zero-order chi connectivity index (χ0) is 14.7. The van der Waals surface area contributed by atoms with Crippen molar-refractivity contribution in [3.63, 3.8) is 0 Å². The van der Waals surface area contributed by atoms with Crippen LogP contribution < -0.4 is 21.1 Å². The molecule has 1 aliphatic heterocycles. The smallest absolute Gasteiger partial charge is 0.327 e. The Morgan fingerprint density at radius 3 is 2.71 bits per heavy atom. The molecule has 1 aliphatic carbocycles. The number of carboxylic acid groups (broad SMARTS) is 1. The maximum Gasteiger partial charge on any atom is 0.327 e. The van der Waals surface area contributed by atoms with Gasteiger partial charge in [0.1, 0.15) is 5.75 Å². The SMILES string of the molecule is O=C(O)C1NNNC1Oc1ccc(C#CCC2CC2)cc1. The third-order valence-electron chi connectivity index (χ3n) is 3.45. The maximum atomic E-state index is 11.0. The van der Waals surface area contributed by atoms with E-state index < -0.39 is 18.2 Å². The van der Waals surface area contributed by atoms with Gasteiger partial charge >= 0.3 is 5.97 Å². The second-order valence-corrected chi connectivity index (χ2v) is 5.24. The minimum absolute atomic E-state index is 0.594. The van der Waals surface area contributed by atoms with Gasteiger partial charge in [0.2, 0.25) is 0 Å². The van der Waals surface area contributed by atoms with Crippen molar-refractivity contribution in [2.75, 3.05) is 0 Å². The fraction of sp³-hybridized carbons (Fsp3) is 0.400. The van der Waals surface area contributed by atoms with Gasteiger partial charge in [-0.15, -0.1) is 0 Å². The minimum Gasteiger partial charge on any atom is -0.480 e. The highest BCUT2D eigenvalue weighted by Gasteiger charge is 2.34. The molecule has 4 N–H and O–H groups in total. The molecule has 0 bridgehead atoms. The minimum atomic E-state index is -0.986. The summed E-state index contributed by atoms with van der Waals surface area (Å²) < 4.78 is 5.59. The number of rotatable bonds is 4. The van der Waals surface area contributed by atoms with Gasteiger partial charge in [0, 0.05) is 12.0 Å². The van der Waals surface area contributed by atoms with Crippen LogP contribution in [0.2, 0.25) is 0 Å². The Morgan fingerprint density at radius 1 is 1.29 bits per heavy atom. The average Bonchev–Trinajstić information content (AvgIpc) is 3.17. The summed E-state index contributed by atoms with van der Waals surface area (Å²) >= 11 is 0. The van der Waals surface area contributed by atoms with Crippen molar-refractivity contribution in [1.29, 1.82) is 0 Å². The molecule has 0 spiro atoms. The standard InChI is InChI=1S/C15H17N3O3/c19-15(20)13-14(17-18-16-13)21-12-8-6-11(7-9-12)3-1-2-10-4-5-10/h6-10,13-14,16-18H,2,4-5H2,(H,19,20). The Hall–Kier alpha value is -2.07. The highest BCUT2D eigenvalue weighted by Crippen LogP contribution is 2.31. The number of aliphatic carboxylic acids is 1. The molecule has 1 aromatic rings. The van der Waals surface area contributed by atoms with Crippen LogP contribution in [0.25, 0.3) is 0 Å². The summed E-state index contributed by atoms with van der Waals surface area (Å²) in [4.78, 5) is 11.0. The van der Waals surface area contributed by atoms with Crippen molar-refractivity contribution in [1.82, 2.24) is 16.4 Å². The van der Waals surface area contributed by atoms with E-state index in [1.54, 1.807) is 12.1 Å². The molecule has 1 saturated carbocycles. The van der Waals surface area contributed by atoms with Crippen LogP contribution in [0.1, 0.15) is 24.8 Å². The fourth-order valence-electron chi connectivity index (χ4n) is 2.02. The molecule has 0 radical (unpaired) electrons. The predicted octanol–water partition coefficient (Wildman–Crippen LogP) is 0.609. The average molecular weight is 287 g/mol. The molecule has 1 saturated heterocycles. The molecule has 0 aromatic heterocycles. The van der Waals surface area contributed by atoms with Gasteiger partial charge in [-0.2, -0.15) is 5.53 Å². The molecule has 21 heavy (non-hydrogen) atoms. The van der Waals surface area contributed by atoms with E-state index >= 15 is 0 Å². The van der Waals surface area contributed by atoms with Crippen LogP contribution in [0.15, 0.2) is 24.3 Å². The molecular formula is C15H17N3O3. The molecular weight excluding hydrogens is 270 g/mol. The van der Waals surface area contributed by atoms with E-state index in [1.165, 1.54) is 12.8 Å². The Labute approximate surface area is 122 Å². The van der Waals surface area contributed by atoms with Gasteiger partial charge in [-0.25, -0.2) is 10.9 Å². The van der Waals surface area contributed by atoms with E-state index in [1.807, 2.05) is 12.1 Å². The van der Waals surface area contributed by atoms with Gasteiger partial charge in [0.25, 0.3) is 0 Å². The van der Waals surface area contributed by atoms with Crippen LogP contribution in [0.4, 0.5) is 0 Å². The number of ether oxygens (including phenoxy) is 1. The predicted molar refractivity (Wildman–Crippen MR) is 75.9 cm³/mol. The van der Waals surface area contributed by atoms with E-state index in [2.05, 4.69) is 28.2 Å². The zero-order valence-corrected chi connectivity index (χ0v) is 11.4. The van der Waals surface area contributed by atoms with Crippen LogP contribution in [0.5, 0.6) is 5.75 Å². The lowest BCUT2D eigenvalue weighted by Crippen LogP contribution is -2.44. The highest BCUT2D eigenvalue weighted by molar-refractivity contribution is 5.74. The van der Waals surface area contributed by atoms with Crippen LogP contribution in [-0.2, 0) is 4.79 Å². The summed E-state index contributed by atoms with van der Waals surface area (Å²) in [5.41, 5.74) is 8.78. The molecule has 2 fully saturated rings. The van der Waals surface area contributed by atoms with Crippen LogP contribution in [0, 0.1) is 17.8 Å². The van der Waals surface area contributed by atoms with Gasteiger partial charge in [-0.1, -0.05) is 11.8 Å². The Bertz CT molecular complexity index is 572. The van der Waals surface area contributed by atoms with Crippen molar-refractivity contribution in [2.24, 2.45) is 5.92 Å². The topological polar surface area (TPSA) is 82.6 Å². The van der Waals surface area contributed by atoms with Gasteiger partial charge in [-0.3, -0.25) is 4.79 Å². The normalized spacial score (nSPS) is 24.2. The molecule has 2 aliphatic rings. The van der Waals surface area contributed by atoms with Gasteiger partial charge < -0.3 is 9.84 Å². The van der Waals surface area contributed by atoms with E-state index in [0.717, 1.165) is 17.9 Å². The molecule has 2 atom stereocenters. The second kappa shape index (κ2) is 6.14. The Kier molecular flexibility index (Phi) is 4.06. The molecule has 0 amide bonds. The lowest BCUT2D eigenvalue weighted by atomic mass is 10.2. The molecule has 1 heterocycles. The largest absolute Gasteiger partial charge is 0.480 e. The Morgan fingerprint density at radius 2 is 2.05 bits per heavy atom. The fourth-order valence-corrected chi connectivity index (χ4v) is 2.02. The number of carbonyl (C=O) groups is 1. The number of nitrogens with one attached hydrogen (secondary N) is 3. The van der Waals surface area contributed by atoms with Crippen LogP contribution in [-0.4, -0.2) is 23.3 Å². The van der Waals surface area contributed by atoms with Crippen LogP contribution >= 0.6 is 0 Å². The molecule has 2 unspecified atom stereocenters. The number of hydrogen-bond donors (Lipinski definition) is 4. The molecule has 6 nitrogen and oxygen atoms in total. The quantitative estimate of drug-likeness (QED) is 0.607. The van der Waals surface area contributed by atoms with E-state index in [0.29, 0.717) is 5.75 Å². The molecule has 3 rings (SSSR count). The lowest BCUT2D eigenvalue weighted by molar-refractivity contribution is -0.141. The third kappa shape index (κ3) is 3.73. The lowest BCUT2D eigenvalue weighted by Gasteiger charge is -2.16. The summed E-state index contributed by atoms with van der Waals surface area (Å²) in [6.45, 7) is 0. The zero-order valence-electron chi connectivity index (χ0n) is 11.4.